The lowest BCUT2D eigenvalue weighted by atomic mass is 10.2. The van der Waals surface area contributed by atoms with Gasteiger partial charge in [-0.3, -0.25) is 4.79 Å². The third-order valence-corrected chi connectivity index (χ3v) is 4.22. The van der Waals surface area contributed by atoms with E-state index < -0.39 is 12.0 Å². The molecular formula is C14H18BrNO4S. The van der Waals surface area contributed by atoms with Crippen LogP contribution in [0.2, 0.25) is 0 Å². The summed E-state index contributed by atoms with van der Waals surface area (Å²) in [7, 11) is 1.40. The molecule has 1 atom stereocenters. The van der Waals surface area contributed by atoms with Crippen LogP contribution in [0.25, 0.3) is 0 Å². The van der Waals surface area contributed by atoms with Crippen molar-refractivity contribution in [3.05, 3.63) is 28.7 Å². The van der Waals surface area contributed by atoms with Gasteiger partial charge in [0, 0.05) is 22.9 Å². The van der Waals surface area contributed by atoms with Crippen molar-refractivity contribution in [1.29, 1.82) is 0 Å². The topological polar surface area (TPSA) is 75.6 Å². The first-order chi connectivity index (χ1) is 10.0. The van der Waals surface area contributed by atoms with Crippen LogP contribution in [0, 0.1) is 0 Å². The van der Waals surface area contributed by atoms with Crippen molar-refractivity contribution >= 4 is 39.6 Å². The van der Waals surface area contributed by atoms with Crippen molar-refractivity contribution in [2.75, 3.05) is 19.5 Å². The van der Waals surface area contributed by atoms with Gasteiger partial charge in [-0.25, -0.2) is 4.79 Å². The molecule has 0 heterocycles. The Kier molecular flexibility index (Phi) is 8.41. The fraction of sp³-hybridized carbons (Fsp3) is 0.429. The van der Waals surface area contributed by atoms with E-state index in [1.54, 1.807) is 11.8 Å². The standard InChI is InChI=1S/C14H18BrNO4S/c1-20-9-12(14(18)19)16-13(17)3-2-8-21-11-6-4-10(15)5-7-11/h4-7,12H,2-3,8-9H2,1H3,(H,16,17)(H,18,19). The normalized spacial score (nSPS) is 11.9. The van der Waals surface area contributed by atoms with E-state index in [0.29, 0.717) is 12.8 Å². The van der Waals surface area contributed by atoms with Gasteiger partial charge >= 0.3 is 5.97 Å². The molecule has 0 aliphatic heterocycles. The number of aliphatic carboxylic acids is 1. The Bertz CT molecular complexity index is 467. The van der Waals surface area contributed by atoms with Crippen molar-refractivity contribution in [3.8, 4) is 0 Å². The Hall–Kier alpha value is -1.05. The lowest BCUT2D eigenvalue weighted by Gasteiger charge is -2.13. The fourth-order valence-corrected chi connectivity index (χ4v) is 2.68. The number of thioether (sulfide) groups is 1. The van der Waals surface area contributed by atoms with Crippen LogP contribution >= 0.6 is 27.7 Å². The van der Waals surface area contributed by atoms with E-state index >= 15 is 0 Å². The van der Waals surface area contributed by atoms with E-state index in [2.05, 4.69) is 21.2 Å². The Morgan fingerprint density at radius 1 is 1.38 bits per heavy atom. The second-order valence-corrected chi connectivity index (χ2v) is 6.40. The van der Waals surface area contributed by atoms with Crippen molar-refractivity contribution in [3.63, 3.8) is 0 Å². The second kappa shape index (κ2) is 9.81. The first-order valence-electron chi connectivity index (χ1n) is 6.42. The molecule has 0 fully saturated rings. The van der Waals surface area contributed by atoms with E-state index in [9.17, 15) is 9.59 Å². The number of carbonyl (C=O) groups excluding carboxylic acids is 1. The van der Waals surface area contributed by atoms with Gasteiger partial charge in [0.2, 0.25) is 5.91 Å². The molecule has 0 bridgehead atoms. The lowest BCUT2D eigenvalue weighted by Crippen LogP contribution is -2.43. The van der Waals surface area contributed by atoms with Crippen LogP contribution < -0.4 is 5.32 Å². The van der Waals surface area contributed by atoms with Crippen LogP contribution in [0.5, 0.6) is 0 Å². The smallest absolute Gasteiger partial charge is 0.328 e. The summed E-state index contributed by atoms with van der Waals surface area (Å²) < 4.78 is 5.79. The monoisotopic (exact) mass is 375 g/mol. The molecule has 1 amide bonds. The number of hydrogen-bond donors (Lipinski definition) is 2. The predicted octanol–water partition coefficient (Wildman–Crippen LogP) is 2.54. The summed E-state index contributed by atoms with van der Waals surface area (Å²) in [6.45, 7) is -0.0330. The minimum absolute atomic E-state index is 0.0330. The van der Waals surface area contributed by atoms with E-state index in [-0.39, 0.29) is 12.5 Å². The Morgan fingerprint density at radius 2 is 2.05 bits per heavy atom. The van der Waals surface area contributed by atoms with Crippen LogP contribution in [-0.2, 0) is 14.3 Å². The second-order valence-electron chi connectivity index (χ2n) is 4.32. The molecule has 0 saturated heterocycles. The fourth-order valence-electron chi connectivity index (χ4n) is 1.56. The molecule has 1 aromatic rings. The van der Waals surface area contributed by atoms with Crippen LogP contribution in [0.4, 0.5) is 0 Å². The molecule has 2 N–H and O–H groups in total. The molecule has 116 valence electrons. The van der Waals surface area contributed by atoms with Crippen molar-refractivity contribution in [1.82, 2.24) is 5.32 Å². The molecule has 7 heteroatoms. The van der Waals surface area contributed by atoms with Crippen molar-refractivity contribution in [2.45, 2.75) is 23.8 Å². The minimum Gasteiger partial charge on any atom is -0.480 e. The summed E-state index contributed by atoms with van der Waals surface area (Å²) in [5.41, 5.74) is 0. The largest absolute Gasteiger partial charge is 0.480 e. The number of amides is 1. The third-order valence-electron chi connectivity index (χ3n) is 2.60. The molecule has 0 spiro atoms. The van der Waals surface area contributed by atoms with E-state index in [1.165, 1.54) is 7.11 Å². The first-order valence-corrected chi connectivity index (χ1v) is 8.20. The Labute approximate surface area is 136 Å². The van der Waals surface area contributed by atoms with Gasteiger partial charge in [-0.2, -0.15) is 0 Å². The van der Waals surface area contributed by atoms with E-state index in [4.69, 9.17) is 9.84 Å². The van der Waals surface area contributed by atoms with Crippen LogP contribution in [0.15, 0.2) is 33.6 Å². The van der Waals surface area contributed by atoms with Gasteiger partial charge in [-0.15, -0.1) is 11.8 Å². The zero-order chi connectivity index (χ0) is 15.7. The van der Waals surface area contributed by atoms with Gasteiger partial charge in [-0.05, 0) is 36.4 Å². The number of carboxylic acids is 1. The number of nitrogens with one attached hydrogen (secondary N) is 1. The maximum Gasteiger partial charge on any atom is 0.328 e. The molecule has 21 heavy (non-hydrogen) atoms. The van der Waals surface area contributed by atoms with Crippen molar-refractivity contribution in [2.24, 2.45) is 0 Å². The number of rotatable bonds is 9. The molecule has 1 aromatic carbocycles. The molecule has 0 aromatic heterocycles. The Balaban J connectivity index is 2.23. The first kappa shape index (κ1) is 18.0. The summed E-state index contributed by atoms with van der Waals surface area (Å²) in [6, 6.07) is 6.97. The SMILES string of the molecule is COCC(NC(=O)CCCSc1ccc(Br)cc1)C(=O)O. The van der Waals surface area contributed by atoms with Gasteiger partial charge in [-0.1, -0.05) is 15.9 Å². The van der Waals surface area contributed by atoms with E-state index in [0.717, 1.165) is 15.1 Å². The van der Waals surface area contributed by atoms with Gasteiger partial charge in [0.25, 0.3) is 0 Å². The van der Waals surface area contributed by atoms with Gasteiger partial charge < -0.3 is 15.2 Å². The predicted molar refractivity (Wildman–Crippen MR) is 85.5 cm³/mol. The number of methoxy groups -OCH3 is 1. The average molecular weight is 376 g/mol. The van der Waals surface area contributed by atoms with Crippen molar-refractivity contribution < 1.29 is 19.4 Å². The van der Waals surface area contributed by atoms with Crippen LogP contribution in [0.3, 0.4) is 0 Å². The quantitative estimate of drug-likeness (QED) is 0.512. The highest BCUT2D eigenvalue weighted by Crippen LogP contribution is 2.21. The average Bonchev–Trinajstić information content (AvgIpc) is 2.45. The number of halogens is 1. The molecule has 0 radical (unpaired) electrons. The third kappa shape index (κ3) is 7.50. The van der Waals surface area contributed by atoms with Crippen LogP contribution in [0.1, 0.15) is 12.8 Å². The molecule has 1 unspecified atom stereocenters. The highest BCUT2D eigenvalue weighted by atomic mass is 79.9. The maximum atomic E-state index is 11.6. The van der Waals surface area contributed by atoms with Gasteiger partial charge in [0.05, 0.1) is 6.61 Å². The number of carboxylic acid groups (broad SMARTS) is 1. The molecular weight excluding hydrogens is 358 g/mol. The van der Waals surface area contributed by atoms with Gasteiger partial charge in [0.15, 0.2) is 6.04 Å². The molecule has 1 rings (SSSR count). The summed E-state index contributed by atoms with van der Waals surface area (Å²) in [6.07, 6.45) is 0.989. The number of hydrogen-bond acceptors (Lipinski definition) is 4. The Morgan fingerprint density at radius 3 is 2.62 bits per heavy atom. The number of benzene rings is 1. The highest BCUT2D eigenvalue weighted by molar-refractivity contribution is 9.10. The molecule has 0 aliphatic rings. The lowest BCUT2D eigenvalue weighted by molar-refractivity contribution is -0.143. The summed E-state index contributed by atoms with van der Waals surface area (Å²) in [5.74, 6) is -0.554. The number of carbonyl (C=O) groups is 2. The highest BCUT2D eigenvalue weighted by Gasteiger charge is 2.19. The maximum absolute atomic E-state index is 11.6. The van der Waals surface area contributed by atoms with E-state index in [1.807, 2.05) is 24.3 Å². The summed E-state index contributed by atoms with van der Waals surface area (Å²) >= 11 is 5.04. The zero-order valence-electron chi connectivity index (χ0n) is 11.7. The molecule has 0 aliphatic carbocycles. The molecule has 5 nitrogen and oxygen atoms in total. The molecule has 0 saturated carbocycles. The minimum atomic E-state index is -1.09. The number of ether oxygens (including phenoxy) is 1. The zero-order valence-corrected chi connectivity index (χ0v) is 14.1. The van der Waals surface area contributed by atoms with Crippen LogP contribution in [-0.4, -0.2) is 42.5 Å². The van der Waals surface area contributed by atoms with Gasteiger partial charge in [0.1, 0.15) is 0 Å². The summed E-state index contributed by atoms with van der Waals surface area (Å²) in [5, 5.41) is 11.3. The summed E-state index contributed by atoms with van der Waals surface area (Å²) in [4.78, 5) is 23.6.